The second kappa shape index (κ2) is 8.35. The van der Waals surface area contributed by atoms with Gasteiger partial charge in [0.2, 0.25) is 21.2 Å². The molecule has 0 radical (unpaired) electrons. The van der Waals surface area contributed by atoms with Gasteiger partial charge in [0.25, 0.3) is 0 Å². The van der Waals surface area contributed by atoms with E-state index in [1.165, 1.54) is 34.9 Å². The molecular weight excluding hydrogens is 438 g/mol. The zero-order valence-electron chi connectivity index (χ0n) is 16.5. The van der Waals surface area contributed by atoms with Gasteiger partial charge in [-0.15, -0.1) is 0 Å². The summed E-state index contributed by atoms with van der Waals surface area (Å²) < 4.78 is 53.9. The first-order valence-corrected chi connectivity index (χ1v) is 10.9. The molecule has 6 nitrogen and oxygen atoms in total. The monoisotopic (exact) mass is 454 g/mol. The predicted molar refractivity (Wildman–Crippen MR) is 115 cm³/mol. The van der Waals surface area contributed by atoms with Crippen LogP contribution in [0.15, 0.2) is 93.6 Å². The van der Waals surface area contributed by atoms with Gasteiger partial charge in [-0.1, -0.05) is 12.1 Å². The van der Waals surface area contributed by atoms with Crippen LogP contribution in [0.1, 0.15) is 0 Å². The first-order valence-electron chi connectivity index (χ1n) is 9.44. The maximum Gasteiger partial charge on any atom is 0.244 e. The lowest BCUT2D eigenvalue weighted by molar-refractivity contribution is -0.116. The SMILES string of the molecule is O=C(Cn1cc(S(=O)(=O)c2ccc(F)cc2)c(=O)c2ccccc21)Nc1ccc(F)cc1. The van der Waals surface area contributed by atoms with E-state index >= 15 is 0 Å². The minimum atomic E-state index is -4.27. The zero-order valence-corrected chi connectivity index (χ0v) is 17.3. The number of halogens is 2. The second-order valence-electron chi connectivity index (χ2n) is 6.98. The maximum absolute atomic E-state index is 13.2. The number of hydrogen-bond acceptors (Lipinski definition) is 4. The topological polar surface area (TPSA) is 85.2 Å². The normalized spacial score (nSPS) is 11.4. The molecule has 0 saturated carbocycles. The Morgan fingerprint density at radius 3 is 2.12 bits per heavy atom. The van der Waals surface area contributed by atoms with Crippen LogP contribution in [0.25, 0.3) is 10.9 Å². The molecule has 9 heteroatoms. The van der Waals surface area contributed by atoms with Crippen LogP contribution in [0.2, 0.25) is 0 Å². The van der Waals surface area contributed by atoms with Gasteiger partial charge in [-0.25, -0.2) is 17.2 Å². The highest BCUT2D eigenvalue weighted by Crippen LogP contribution is 2.22. The Kier molecular flexibility index (Phi) is 5.58. The van der Waals surface area contributed by atoms with Crippen molar-refractivity contribution in [1.82, 2.24) is 4.57 Å². The molecule has 162 valence electrons. The fourth-order valence-corrected chi connectivity index (χ4v) is 4.64. The summed E-state index contributed by atoms with van der Waals surface area (Å²) in [6.07, 6.45) is 1.10. The third kappa shape index (κ3) is 4.15. The molecule has 0 fully saturated rings. The van der Waals surface area contributed by atoms with Gasteiger partial charge in [0.05, 0.1) is 10.4 Å². The molecule has 0 aliphatic rings. The summed E-state index contributed by atoms with van der Waals surface area (Å²) in [5.41, 5.74) is 0.00541. The summed E-state index contributed by atoms with van der Waals surface area (Å²) in [5.74, 6) is -1.57. The van der Waals surface area contributed by atoms with E-state index in [0.717, 1.165) is 30.5 Å². The van der Waals surface area contributed by atoms with E-state index in [1.54, 1.807) is 18.2 Å². The minimum absolute atomic E-state index is 0.116. The van der Waals surface area contributed by atoms with Crippen LogP contribution in [-0.4, -0.2) is 18.9 Å². The van der Waals surface area contributed by atoms with E-state index < -0.39 is 37.7 Å². The Morgan fingerprint density at radius 1 is 0.875 bits per heavy atom. The Morgan fingerprint density at radius 2 is 1.47 bits per heavy atom. The third-order valence-corrected chi connectivity index (χ3v) is 6.57. The molecule has 1 N–H and O–H groups in total. The Hall–Kier alpha value is -3.85. The van der Waals surface area contributed by atoms with E-state index in [-0.39, 0.29) is 16.8 Å². The van der Waals surface area contributed by atoms with Gasteiger partial charge in [0, 0.05) is 17.3 Å². The van der Waals surface area contributed by atoms with Crippen molar-refractivity contribution < 1.29 is 22.0 Å². The van der Waals surface area contributed by atoms with Crippen LogP contribution in [-0.2, 0) is 21.2 Å². The van der Waals surface area contributed by atoms with E-state index in [0.29, 0.717) is 11.2 Å². The van der Waals surface area contributed by atoms with Gasteiger partial charge in [0.15, 0.2) is 0 Å². The van der Waals surface area contributed by atoms with E-state index in [4.69, 9.17) is 0 Å². The molecule has 0 aliphatic carbocycles. The molecule has 4 aromatic rings. The van der Waals surface area contributed by atoms with Gasteiger partial charge in [-0.05, 0) is 60.7 Å². The number of nitrogens with one attached hydrogen (secondary N) is 1. The lowest BCUT2D eigenvalue weighted by atomic mass is 10.2. The lowest BCUT2D eigenvalue weighted by Crippen LogP contribution is -2.23. The van der Waals surface area contributed by atoms with Crippen LogP contribution >= 0.6 is 0 Å². The Bertz CT molecular complexity index is 1480. The van der Waals surface area contributed by atoms with Crippen molar-refractivity contribution in [3.05, 3.63) is 101 Å². The minimum Gasteiger partial charge on any atom is -0.336 e. The summed E-state index contributed by atoms with van der Waals surface area (Å²) in [6, 6.07) is 15.6. The molecule has 0 bridgehead atoms. The van der Waals surface area contributed by atoms with Crippen LogP contribution in [0.3, 0.4) is 0 Å². The largest absolute Gasteiger partial charge is 0.336 e. The summed E-state index contributed by atoms with van der Waals surface area (Å²) in [6.45, 7) is -0.301. The molecule has 1 aromatic heterocycles. The number of carbonyl (C=O) groups excluding carboxylic acids is 1. The third-order valence-electron chi connectivity index (χ3n) is 4.81. The fourth-order valence-electron chi connectivity index (χ4n) is 3.27. The van der Waals surface area contributed by atoms with Gasteiger partial charge >= 0.3 is 0 Å². The summed E-state index contributed by atoms with van der Waals surface area (Å²) >= 11 is 0. The Balaban J connectivity index is 1.78. The highest BCUT2D eigenvalue weighted by atomic mass is 32.2. The van der Waals surface area contributed by atoms with Crippen molar-refractivity contribution >= 4 is 32.3 Å². The number of amides is 1. The van der Waals surface area contributed by atoms with Crippen molar-refractivity contribution in [2.45, 2.75) is 16.3 Å². The summed E-state index contributed by atoms with van der Waals surface area (Å²) in [5, 5.41) is 2.71. The van der Waals surface area contributed by atoms with Crippen molar-refractivity contribution in [2.75, 3.05) is 5.32 Å². The average molecular weight is 454 g/mol. The maximum atomic E-state index is 13.2. The molecule has 3 aromatic carbocycles. The highest BCUT2D eigenvalue weighted by Gasteiger charge is 2.24. The van der Waals surface area contributed by atoms with Crippen LogP contribution in [0.4, 0.5) is 14.5 Å². The summed E-state index contributed by atoms with van der Waals surface area (Å²) in [4.78, 5) is 24.8. The number of para-hydroxylation sites is 1. The molecule has 0 saturated heterocycles. The zero-order chi connectivity index (χ0) is 22.9. The molecule has 0 spiro atoms. The number of carbonyl (C=O) groups is 1. The number of pyridine rings is 1. The smallest absolute Gasteiger partial charge is 0.244 e. The number of anilines is 1. The number of hydrogen-bond donors (Lipinski definition) is 1. The molecule has 32 heavy (non-hydrogen) atoms. The van der Waals surface area contributed by atoms with Gasteiger partial charge in [-0.3, -0.25) is 9.59 Å². The molecule has 1 amide bonds. The van der Waals surface area contributed by atoms with Crippen molar-refractivity contribution in [2.24, 2.45) is 0 Å². The van der Waals surface area contributed by atoms with Gasteiger partial charge < -0.3 is 9.88 Å². The van der Waals surface area contributed by atoms with Crippen molar-refractivity contribution in [3.8, 4) is 0 Å². The number of nitrogens with zero attached hydrogens (tertiary/aromatic N) is 1. The lowest BCUT2D eigenvalue weighted by Gasteiger charge is -2.14. The van der Waals surface area contributed by atoms with Crippen LogP contribution in [0.5, 0.6) is 0 Å². The molecule has 0 atom stereocenters. The number of fused-ring (bicyclic) bond motifs is 1. The first kappa shape index (κ1) is 21.4. The van der Waals surface area contributed by atoms with Crippen LogP contribution in [0, 0.1) is 11.6 Å². The molecule has 1 heterocycles. The number of rotatable bonds is 5. The average Bonchev–Trinajstić information content (AvgIpc) is 2.77. The van der Waals surface area contributed by atoms with Crippen molar-refractivity contribution in [1.29, 1.82) is 0 Å². The highest BCUT2D eigenvalue weighted by molar-refractivity contribution is 7.91. The van der Waals surface area contributed by atoms with E-state index in [1.807, 2.05) is 0 Å². The van der Waals surface area contributed by atoms with E-state index in [9.17, 15) is 26.8 Å². The molecule has 0 aliphatic heterocycles. The first-order chi connectivity index (χ1) is 15.3. The Labute approximate surface area is 181 Å². The summed E-state index contributed by atoms with van der Waals surface area (Å²) in [7, 11) is -4.27. The quantitative estimate of drug-likeness (QED) is 0.466. The predicted octanol–water partition coefficient (Wildman–Crippen LogP) is 3.75. The number of aromatic nitrogens is 1. The number of benzene rings is 3. The van der Waals surface area contributed by atoms with Crippen molar-refractivity contribution in [3.63, 3.8) is 0 Å². The molecular formula is C23H16F2N2O4S. The van der Waals surface area contributed by atoms with Gasteiger partial charge in [-0.2, -0.15) is 0 Å². The van der Waals surface area contributed by atoms with E-state index in [2.05, 4.69) is 5.32 Å². The molecule has 0 unspecified atom stereocenters. The standard InChI is InChI=1S/C23H16F2N2O4S/c24-15-5-9-17(10-6-15)26-22(28)14-27-13-21(23(29)19-3-1-2-4-20(19)27)32(30,31)18-11-7-16(25)8-12-18/h1-13H,14H2,(H,26,28). The molecule has 4 rings (SSSR count). The fraction of sp³-hybridized carbons (Fsp3) is 0.0435. The second-order valence-corrected chi connectivity index (χ2v) is 8.90. The van der Waals surface area contributed by atoms with Crippen LogP contribution < -0.4 is 10.7 Å². The van der Waals surface area contributed by atoms with Gasteiger partial charge in [0.1, 0.15) is 23.1 Å². The number of sulfone groups is 1.